The third-order valence-corrected chi connectivity index (χ3v) is 4.84. The van der Waals surface area contributed by atoms with E-state index in [2.05, 4.69) is 44.3 Å². The van der Waals surface area contributed by atoms with E-state index in [-0.39, 0.29) is 0 Å². The summed E-state index contributed by atoms with van der Waals surface area (Å²) < 4.78 is 0. The molecule has 1 aromatic carbocycles. The Morgan fingerprint density at radius 1 is 1.11 bits per heavy atom. The van der Waals surface area contributed by atoms with Crippen molar-refractivity contribution in [1.82, 2.24) is 5.32 Å². The number of nitrogens with one attached hydrogen (secondary N) is 1. The lowest BCUT2D eigenvalue weighted by Crippen LogP contribution is -2.32. The summed E-state index contributed by atoms with van der Waals surface area (Å²) in [5.41, 5.74) is 4.33. The van der Waals surface area contributed by atoms with Crippen LogP contribution in [0.4, 0.5) is 0 Å². The van der Waals surface area contributed by atoms with E-state index in [0.29, 0.717) is 0 Å². The fraction of sp³-hybridized carbons (Fsp3) is 0.667. The van der Waals surface area contributed by atoms with Gasteiger partial charge in [-0.15, -0.1) is 0 Å². The molecule has 0 radical (unpaired) electrons. The summed E-state index contributed by atoms with van der Waals surface area (Å²) in [6, 6.07) is 7.39. The van der Waals surface area contributed by atoms with Crippen molar-refractivity contribution in [2.24, 2.45) is 5.92 Å². The van der Waals surface area contributed by atoms with Crippen molar-refractivity contribution in [2.75, 3.05) is 0 Å². The molecule has 1 heteroatoms. The second kappa shape index (κ2) is 7.09. The van der Waals surface area contributed by atoms with Crippen LogP contribution in [0.25, 0.3) is 0 Å². The summed E-state index contributed by atoms with van der Waals surface area (Å²) in [7, 11) is 0. The first-order valence-corrected chi connectivity index (χ1v) is 7.99. The van der Waals surface area contributed by atoms with E-state index in [9.17, 15) is 0 Å². The molecule has 0 saturated heterocycles. The van der Waals surface area contributed by atoms with E-state index >= 15 is 0 Å². The molecule has 1 N–H and O–H groups in total. The molecule has 0 aromatic heterocycles. The normalized spacial score (nSPS) is 23.5. The van der Waals surface area contributed by atoms with Gasteiger partial charge in [-0.3, -0.25) is 0 Å². The lowest BCUT2D eigenvalue weighted by Gasteiger charge is -2.29. The van der Waals surface area contributed by atoms with Crippen molar-refractivity contribution >= 4 is 0 Å². The minimum Gasteiger partial charge on any atom is -0.310 e. The van der Waals surface area contributed by atoms with Crippen LogP contribution in [0, 0.1) is 19.8 Å². The van der Waals surface area contributed by atoms with Crippen molar-refractivity contribution in [3.8, 4) is 0 Å². The van der Waals surface area contributed by atoms with E-state index < -0.39 is 0 Å². The van der Waals surface area contributed by atoms with Gasteiger partial charge in [0.1, 0.15) is 0 Å². The van der Waals surface area contributed by atoms with Crippen molar-refractivity contribution in [3.05, 3.63) is 34.9 Å². The number of hydrogen-bond acceptors (Lipinski definition) is 1. The van der Waals surface area contributed by atoms with Gasteiger partial charge >= 0.3 is 0 Å². The van der Waals surface area contributed by atoms with E-state index in [1.165, 1.54) is 55.2 Å². The van der Waals surface area contributed by atoms with Gasteiger partial charge < -0.3 is 5.32 Å². The molecular formula is C18H29N. The zero-order valence-electron chi connectivity index (χ0n) is 12.8. The highest BCUT2D eigenvalue weighted by Gasteiger charge is 2.20. The van der Waals surface area contributed by atoms with Crippen LogP contribution < -0.4 is 5.32 Å². The molecule has 1 aliphatic carbocycles. The molecule has 1 aliphatic rings. The minimum atomic E-state index is 0.744. The highest BCUT2D eigenvalue weighted by atomic mass is 14.9. The van der Waals surface area contributed by atoms with Gasteiger partial charge in [0.15, 0.2) is 0 Å². The highest BCUT2D eigenvalue weighted by molar-refractivity contribution is 5.32. The Hall–Kier alpha value is -0.820. The average Bonchev–Trinajstić information content (AvgIpc) is 2.42. The quantitative estimate of drug-likeness (QED) is 0.804. The predicted molar refractivity (Wildman–Crippen MR) is 83.4 cm³/mol. The van der Waals surface area contributed by atoms with Gasteiger partial charge in [-0.2, -0.15) is 0 Å². The molecule has 1 saturated carbocycles. The largest absolute Gasteiger partial charge is 0.310 e. The summed E-state index contributed by atoms with van der Waals surface area (Å²) in [6.07, 6.45) is 8.39. The third-order valence-electron chi connectivity index (χ3n) is 4.84. The van der Waals surface area contributed by atoms with E-state index in [4.69, 9.17) is 0 Å². The fourth-order valence-electron chi connectivity index (χ4n) is 3.32. The molecule has 19 heavy (non-hydrogen) atoms. The van der Waals surface area contributed by atoms with Crippen LogP contribution >= 0.6 is 0 Å². The molecule has 0 bridgehead atoms. The van der Waals surface area contributed by atoms with Gasteiger partial charge in [-0.25, -0.2) is 0 Å². The van der Waals surface area contributed by atoms with Crippen LogP contribution in [0.2, 0.25) is 0 Å². The highest BCUT2D eigenvalue weighted by Crippen LogP contribution is 2.28. The first kappa shape index (κ1) is 14.6. The number of rotatable bonds is 5. The van der Waals surface area contributed by atoms with Crippen molar-refractivity contribution < 1.29 is 0 Å². The predicted octanol–water partition coefficient (Wildman–Crippen LogP) is 4.75. The Labute approximate surface area is 118 Å². The second-order valence-corrected chi connectivity index (χ2v) is 6.25. The second-order valence-electron chi connectivity index (χ2n) is 6.25. The van der Waals surface area contributed by atoms with Crippen molar-refractivity contribution in [3.63, 3.8) is 0 Å². The SMILES string of the molecule is CCCC1CCC(NCc2cccc(C)c2C)CC1. The zero-order valence-corrected chi connectivity index (χ0v) is 12.8. The van der Waals surface area contributed by atoms with Gasteiger partial charge in [-0.05, 0) is 62.1 Å². The van der Waals surface area contributed by atoms with Crippen LogP contribution in [0.3, 0.4) is 0 Å². The molecule has 1 aromatic rings. The molecule has 0 spiro atoms. The van der Waals surface area contributed by atoms with Crippen LogP contribution in [-0.4, -0.2) is 6.04 Å². The summed E-state index contributed by atoms with van der Waals surface area (Å²) in [5, 5.41) is 3.77. The maximum absolute atomic E-state index is 3.77. The molecule has 0 heterocycles. The van der Waals surface area contributed by atoms with Crippen molar-refractivity contribution in [2.45, 2.75) is 71.9 Å². The topological polar surface area (TPSA) is 12.0 Å². The monoisotopic (exact) mass is 259 g/mol. The van der Waals surface area contributed by atoms with E-state index in [1.54, 1.807) is 0 Å². The lowest BCUT2D eigenvalue weighted by molar-refractivity contribution is 0.277. The molecule has 106 valence electrons. The zero-order chi connectivity index (χ0) is 13.7. The van der Waals surface area contributed by atoms with E-state index in [1.807, 2.05) is 0 Å². The Balaban J connectivity index is 1.79. The first-order chi connectivity index (χ1) is 9.20. The summed E-state index contributed by atoms with van der Waals surface area (Å²) in [4.78, 5) is 0. The molecule has 0 amide bonds. The van der Waals surface area contributed by atoms with Crippen LogP contribution in [0.15, 0.2) is 18.2 Å². The molecule has 0 aliphatic heterocycles. The van der Waals surface area contributed by atoms with Gasteiger partial charge in [-0.1, -0.05) is 38.0 Å². The summed E-state index contributed by atoms with van der Waals surface area (Å²) >= 11 is 0. The Kier molecular flexibility index (Phi) is 5.45. The minimum absolute atomic E-state index is 0.744. The molecule has 1 fully saturated rings. The number of aryl methyl sites for hydroxylation is 1. The van der Waals surface area contributed by atoms with Crippen molar-refractivity contribution in [1.29, 1.82) is 0 Å². The maximum Gasteiger partial charge on any atom is 0.0210 e. The maximum atomic E-state index is 3.77. The summed E-state index contributed by atoms with van der Waals surface area (Å²) in [6.45, 7) is 7.79. The molecule has 0 unspecified atom stereocenters. The fourth-order valence-corrected chi connectivity index (χ4v) is 3.32. The average molecular weight is 259 g/mol. The lowest BCUT2D eigenvalue weighted by atomic mass is 9.83. The molecular weight excluding hydrogens is 230 g/mol. The summed E-state index contributed by atoms with van der Waals surface area (Å²) in [5.74, 6) is 1.00. The Bertz CT molecular complexity index is 389. The van der Waals surface area contributed by atoms with Crippen LogP contribution in [-0.2, 0) is 6.54 Å². The Morgan fingerprint density at radius 2 is 1.84 bits per heavy atom. The number of hydrogen-bond donors (Lipinski definition) is 1. The van der Waals surface area contributed by atoms with Crippen LogP contribution in [0.5, 0.6) is 0 Å². The van der Waals surface area contributed by atoms with Gasteiger partial charge in [0.05, 0.1) is 0 Å². The third kappa shape index (κ3) is 4.07. The smallest absolute Gasteiger partial charge is 0.0210 e. The van der Waals surface area contributed by atoms with Gasteiger partial charge in [0, 0.05) is 12.6 Å². The van der Waals surface area contributed by atoms with Crippen LogP contribution in [0.1, 0.15) is 62.1 Å². The molecule has 2 rings (SSSR count). The van der Waals surface area contributed by atoms with E-state index in [0.717, 1.165) is 18.5 Å². The first-order valence-electron chi connectivity index (χ1n) is 7.99. The molecule has 0 atom stereocenters. The Morgan fingerprint density at radius 3 is 2.53 bits per heavy atom. The van der Waals surface area contributed by atoms with Gasteiger partial charge in [0.25, 0.3) is 0 Å². The standard InChI is InChI=1S/C18H29N/c1-4-6-16-9-11-18(12-10-16)19-13-17-8-5-7-14(2)15(17)3/h5,7-8,16,18-19H,4,6,9-13H2,1-3H3. The van der Waals surface area contributed by atoms with Gasteiger partial charge in [0.2, 0.25) is 0 Å². The molecule has 1 nitrogen and oxygen atoms in total. The number of benzene rings is 1.